The van der Waals surface area contributed by atoms with Crippen LogP contribution in [0.3, 0.4) is 0 Å². The molecule has 0 saturated carbocycles. The molecule has 2 rings (SSSR count). The van der Waals surface area contributed by atoms with Gasteiger partial charge in [-0.15, -0.1) is 0 Å². The van der Waals surface area contributed by atoms with Crippen LogP contribution in [0, 0.1) is 0 Å². The highest BCUT2D eigenvalue weighted by atomic mass is 16.5. The van der Waals surface area contributed by atoms with Crippen LogP contribution in [0.2, 0.25) is 0 Å². The Morgan fingerprint density at radius 1 is 1.58 bits per heavy atom. The monoisotopic (exact) mass is 165 g/mol. The Morgan fingerprint density at radius 3 is 3.25 bits per heavy atom. The maximum absolute atomic E-state index is 5.72. The van der Waals surface area contributed by atoms with Crippen LogP contribution in [-0.2, 0) is 0 Å². The van der Waals surface area contributed by atoms with Crippen LogP contribution in [0.5, 0.6) is 5.75 Å². The van der Waals surface area contributed by atoms with Gasteiger partial charge in [-0.25, -0.2) is 0 Å². The largest absolute Gasteiger partial charge is 0.486 e. The Hall–Kier alpha value is -1.18. The van der Waals surface area contributed by atoms with E-state index in [-0.39, 0.29) is 1.43 Å². The summed E-state index contributed by atoms with van der Waals surface area (Å²) in [5, 5.41) is 3.34. The van der Waals surface area contributed by atoms with Gasteiger partial charge in [-0.05, 0) is 18.6 Å². The summed E-state index contributed by atoms with van der Waals surface area (Å²) in [5.74, 6) is 0.982. The van der Waals surface area contributed by atoms with Crippen molar-refractivity contribution < 1.29 is 6.16 Å². The average Bonchev–Trinajstić information content (AvgIpc) is 2.17. The van der Waals surface area contributed by atoms with Gasteiger partial charge < -0.3 is 10.1 Å². The Balaban J connectivity index is 0.000000845. The number of fused-ring (bicyclic) bond motifs is 1. The molecule has 12 heavy (non-hydrogen) atoms. The molecule has 0 amide bonds. The summed E-state index contributed by atoms with van der Waals surface area (Å²) in [5.41, 5.74) is 1.11. The number of hydrogen-bond donors (Lipinski definition) is 1. The molecule has 1 aromatic rings. The lowest BCUT2D eigenvalue weighted by Crippen LogP contribution is -2.29. The Morgan fingerprint density at radius 2 is 2.42 bits per heavy atom. The molecule has 0 aromatic heterocycles. The van der Waals surface area contributed by atoms with Crippen molar-refractivity contribution in [3.63, 3.8) is 0 Å². The van der Waals surface area contributed by atoms with Gasteiger partial charge in [0.2, 0.25) is 0 Å². The van der Waals surface area contributed by atoms with Crippen LogP contribution in [0.25, 0.3) is 0 Å². The van der Waals surface area contributed by atoms with Gasteiger partial charge in [0.15, 0.2) is 0 Å². The van der Waals surface area contributed by atoms with E-state index >= 15 is 0 Å². The van der Waals surface area contributed by atoms with Crippen LogP contribution < -0.4 is 10.1 Å². The SMILES string of the molecule is CCC1CNc2ccccc2O1.[HH]. The van der Waals surface area contributed by atoms with Gasteiger partial charge in [0.25, 0.3) is 0 Å². The summed E-state index contributed by atoms with van der Waals surface area (Å²) in [7, 11) is 0. The van der Waals surface area contributed by atoms with Crippen molar-refractivity contribution in [3.8, 4) is 5.75 Å². The second-order valence-corrected chi connectivity index (χ2v) is 3.03. The molecule has 2 heteroatoms. The molecule has 1 N–H and O–H groups in total. The molecule has 1 aliphatic heterocycles. The van der Waals surface area contributed by atoms with E-state index in [1.54, 1.807) is 0 Å². The summed E-state index contributed by atoms with van der Waals surface area (Å²) in [6.07, 6.45) is 1.39. The lowest BCUT2D eigenvalue weighted by atomic mass is 10.2. The van der Waals surface area contributed by atoms with Gasteiger partial charge in [-0.2, -0.15) is 0 Å². The molecule has 1 aliphatic rings. The van der Waals surface area contributed by atoms with Crippen molar-refractivity contribution in [1.82, 2.24) is 0 Å². The van der Waals surface area contributed by atoms with Crippen LogP contribution >= 0.6 is 0 Å². The van der Waals surface area contributed by atoms with Gasteiger partial charge in [-0.1, -0.05) is 19.1 Å². The first kappa shape index (κ1) is 7.47. The zero-order valence-electron chi connectivity index (χ0n) is 7.21. The van der Waals surface area contributed by atoms with E-state index in [1.165, 1.54) is 0 Å². The van der Waals surface area contributed by atoms with E-state index in [1.807, 2.05) is 24.3 Å². The summed E-state index contributed by atoms with van der Waals surface area (Å²) in [4.78, 5) is 0. The minimum Gasteiger partial charge on any atom is -0.486 e. The van der Waals surface area contributed by atoms with Gasteiger partial charge in [-0.3, -0.25) is 0 Å². The minimum atomic E-state index is 0. The van der Waals surface area contributed by atoms with Gasteiger partial charge in [0.1, 0.15) is 11.9 Å². The van der Waals surface area contributed by atoms with Gasteiger partial charge in [0, 0.05) is 1.43 Å². The number of benzene rings is 1. The highest BCUT2D eigenvalue weighted by Gasteiger charge is 2.15. The van der Waals surface area contributed by atoms with E-state index in [9.17, 15) is 0 Å². The highest BCUT2D eigenvalue weighted by molar-refractivity contribution is 5.57. The number of rotatable bonds is 1. The van der Waals surface area contributed by atoms with E-state index in [4.69, 9.17) is 4.74 Å². The number of para-hydroxylation sites is 2. The number of ether oxygens (including phenoxy) is 1. The zero-order valence-corrected chi connectivity index (χ0v) is 7.21. The van der Waals surface area contributed by atoms with Crippen LogP contribution in [0.4, 0.5) is 5.69 Å². The number of nitrogens with one attached hydrogen (secondary N) is 1. The number of hydrogen-bond acceptors (Lipinski definition) is 2. The first-order valence-electron chi connectivity index (χ1n) is 4.39. The van der Waals surface area contributed by atoms with E-state index in [0.29, 0.717) is 6.10 Å². The molecule has 1 heterocycles. The molecular formula is C10H15NO. The summed E-state index contributed by atoms with van der Waals surface area (Å²) in [6, 6.07) is 8.06. The van der Waals surface area contributed by atoms with E-state index < -0.39 is 0 Å². The Bertz CT molecular complexity index is 277. The third-order valence-corrected chi connectivity index (χ3v) is 2.16. The minimum absolute atomic E-state index is 0. The predicted octanol–water partition coefficient (Wildman–Crippen LogP) is 2.52. The smallest absolute Gasteiger partial charge is 0.142 e. The third kappa shape index (κ3) is 1.24. The average molecular weight is 165 g/mol. The molecule has 0 radical (unpaired) electrons. The maximum Gasteiger partial charge on any atom is 0.142 e. The normalized spacial score (nSPS) is 20.6. The fourth-order valence-corrected chi connectivity index (χ4v) is 1.39. The van der Waals surface area contributed by atoms with Gasteiger partial charge >= 0.3 is 0 Å². The summed E-state index contributed by atoms with van der Waals surface area (Å²) < 4.78 is 5.72. The Labute approximate surface area is 74.0 Å². The molecule has 2 nitrogen and oxygen atoms in total. The van der Waals surface area contributed by atoms with Crippen LogP contribution in [-0.4, -0.2) is 12.6 Å². The molecule has 0 saturated heterocycles. The van der Waals surface area contributed by atoms with E-state index in [2.05, 4.69) is 12.2 Å². The van der Waals surface area contributed by atoms with Crippen LogP contribution in [0.15, 0.2) is 24.3 Å². The molecule has 1 atom stereocenters. The van der Waals surface area contributed by atoms with Crippen molar-refractivity contribution in [1.29, 1.82) is 0 Å². The standard InChI is InChI=1S/C10H13NO.H2/c1-2-8-7-11-9-5-3-4-6-10(9)12-8;/h3-6,8,11H,2,7H2,1H3;1H. The molecule has 1 aromatic carbocycles. The van der Waals surface area contributed by atoms with Crippen molar-refractivity contribution in [3.05, 3.63) is 24.3 Å². The molecule has 0 aliphatic carbocycles. The molecule has 0 fully saturated rings. The fourth-order valence-electron chi connectivity index (χ4n) is 1.39. The number of anilines is 1. The lowest BCUT2D eigenvalue weighted by molar-refractivity contribution is 0.202. The Kier molecular flexibility index (Phi) is 1.90. The highest BCUT2D eigenvalue weighted by Crippen LogP contribution is 2.28. The predicted molar refractivity (Wildman–Crippen MR) is 51.8 cm³/mol. The van der Waals surface area contributed by atoms with Crippen molar-refractivity contribution >= 4 is 5.69 Å². The molecule has 66 valence electrons. The second kappa shape index (κ2) is 3.05. The maximum atomic E-state index is 5.72. The molecular weight excluding hydrogens is 150 g/mol. The van der Waals surface area contributed by atoms with Crippen molar-refractivity contribution in [2.75, 3.05) is 11.9 Å². The van der Waals surface area contributed by atoms with Crippen molar-refractivity contribution in [2.45, 2.75) is 19.4 Å². The van der Waals surface area contributed by atoms with Crippen LogP contribution in [0.1, 0.15) is 14.8 Å². The lowest BCUT2D eigenvalue weighted by Gasteiger charge is -2.26. The van der Waals surface area contributed by atoms with Crippen molar-refractivity contribution in [2.24, 2.45) is 0 Å². The van der Waals surface area contributed by atoms with Gasteiger partial charge in [0.05, 0.1) is 12.2 Å². The zero-order chi connectivity index (χ0) is 8.39. The van der Waals surface area contributed by atoms with E-state index in [0.717, 1.165) is 24.4 Å². The summed E-state index contributed by atoms with van der Waals surface area (Å²) in [6.45, 7) is 3.06. The summed E-state index contributed by atoms with van der Waals surface area (Å²) >= 11 is 0. The first-order chi connectivity index (χ1) is 5.90. The molecule has 0 bridgehead atoms. The second-order valence-electron chi connectivity index (χ2n) is 3.03. The first-order valence-corrected chi connectivity index (χ1v) is 4.39. The molecule has 0 spiro atoms. The fraction of sp³-hybridized carbons (Fsp3) is 0.400. The third-order valence-electron chi connectivity index (χ3n) is 2.16. The quantitative estimate of drug-likeness (QED) is 0.690. The topological polar surface area (TPSA) is 21.3 Å². The molecule has 1 unspecified atom stereocenters.